The minimum atomic E-state index is -0.347. The summed E-state index contributed by atoms with van der Waals surface area (Å²) in [7, 11) is 0. The van der Waals surface area contributed by atoms with Gasteiger partial charge in [0.15, 0.2) is 5.76 Å². The van der Waals surface area contributed by atoms with E-state index in [0.717, 1.165) is 0 Å². The van der Waals surface area contributed by atoms with Crippen molar-refractivity contribution in [3.63, 3.8) is 0 Å². The molecule has 0 unspecified atom stereocenters. The van der Waals surface area contributed by atoms with Gasteiger partial charge < -0.3 is 5.11 Å². The van der Waals surface area contributed by atoms with E-state index in [2.05, 4.69) is 0 Å². The van der Waals surface area contributed by atoms with Crippen LogP contribution in [0, 0.1) is 6.92 Å². The van der Waals surface area contributed by atoms with Gasteiger partial charge in [0.05, 0.1) is 24.1 Å². The highest BCUT2D eigenvalue weighted by molar-refractivity contribution is 5.34. The monoisotopic (exact) mass is 222 g/mol. The average Bonchev–Trinajstić information content (AvgIpc) is 2.62. The van der Waals surface area contributed by atoms with Crippen molar-refractivity contribution >= 4 is 5.65 Å². The van der Waals surface area contributed by atoms with Crippen LogP contribution in [0.4, 0.5) is 0 Å². The zero-order valence-corrected chi connectivity index (χ0v) is 9.61. The largest absolute Gasteiger partial charge is 0.842 e. The maximum atomic E-state index is 12.0. The predicted octanol–water partition coefficient (Wildman–Crippen LogP) is 0.144. The van der Waals surface area contributed by atoms with Crippen LogP contribution in [0.15, 0.2) is 15.4 Å². The van der Waals surface area contributed by atoms with Crippen molar-refractivity contribution in [3.05, 3.63) is 27.7 Å². The fourth-order valence-corrected chi connectivity index (χ4v) is 1.88. The number of aryl methyl sites for hydroxylation is 2. The first-order chi connectivity index (χ1) is 7.60. The smallest absolute Gasteiger partial charge is 0.380 e. The van der Waals surface area contributed by atoms with E-state index in [1.807, 2.05) is 6.92 Å². The summed E-state index contributed by atoms with van der Waals surface area (Å²) in [5, 5.41) is 12.0. The van der Waals surface area contributed by atoms with E-state index in [-0.39, 0.29) is 17.0 Å². The van der Waals surface area contributed by atoms with Crippen molar-refractivity contribution in [2.75, 3.05) is 0 Å². The van der Waals surface area contributed by atoms with Gasteiger partial charge in [0.25, 0.3) is 0 Å². The Kier molecular flexibility index (Phi) is 2.46. The molecule has 5 heteroatoms. The molecule has 2 rings (SSSR count). The SMILES string of the molecule is CCc1c([O-])[n+](CC)c2cc(C)on2c1=O. The van der Waals surface area contributed by atoms with Crippen LogP contribution in [0.1, 0.15) is 25.2 Å². The van der Waals surface area contributed by atoms with E-state index in [0.29, 0.717) is 24.4 Å². The second kappa shape index (κ2) is 3.66. The number of hydrogen-bond donors (Lipinski definition) is 0. The molecule has 0 radical (unpaired) electrons. The topological polar surface area (TPSA) is 61.6 Å². The van der Waals surface area contributed by atoms with Crippen LogP contribution in [-0.4, -0.2) is 4.57 Å². The minimum absolute atomic E-state index is 0.212. The molecule has 0 aliphatic carbocycles. The average molecular weight is 222 g/mol. The Hall–Kier alpha value is -1.78. The van der Waals surface area contributed by atoms with E-state index in [4.69, 9.17) is 4.52 Å². The zero-order chi connectivity index (χ0) is 11.9. The Bertz CT molecular complexity index is 595. The van der Waals surface area contributed by atoms with Crippen LogP contribution >= 0.6 is 0 Å². The van der Waals surface area contributed by atoms with E-state index in [1.165, 1.54) is 4.57 Å². The van der Waals surface area contributed by atoms with Gasteiger partial charge in [0.2, 0.25) is 0 Å². The third-order valence-electron chi connectivity index (χ3n) is 2.67. The third kappa shape index (κ3) is 1.31. The highest BCUT2D eigenvalue weighted by Gasteiger charge is 2.20. The summed E-state index contributed by atoms with van der Waals surface area (Å²) >= 11 is 0. The van der Waals surface area contributed by atoms with Gasteiger partial charge in [-0.1, -0.05) is 6.92 Å². The van der Waals surface area contributed by atoms with Gasteiger partial charge in [-0.05, 0) is 20.3 Å². The van der Waals surface area contributed by atoms with Crippen molar-refractivity contribution in [1.82, 2.24) is 4.57 Å². The summed E-state index contributed by atoms with van der Waals surface area (Å²) in [6, 6.07) is 1.70. The molecule has 0 fully saturated rings. The summed E-state index contributed by atoms with van der Waals surface area (Å²) < 4.78 is 8.03. The van der Waals surface area contributed by atoms with Gasteiger partial charge >= 0.3 is 11.2 Å². The second-order valence-corrected chi connectivity index (χ2v) is 3.69. The molecular formula is C11H14N2O3. The molecular weight excluding hydrogens is 208 g/mol. The van der Waals surface area contributed by atoms with E-state index in [1.54, 1.807) is 24.5 Å². The first-order valence-electron chi connectivity index (χ1n) is 5.35. The predicted molar refractivity (Wildman–Crippen MR) is 55.4 cm³/mol. The molecule has 2 aromatic heterocycles. The Balaban J connectivity index is 2.99. The molecule has 0 saturated heterocycles. The van der Waals surface area contributed by atoms with Crippen LogP contribution in [0.5, 0.6) is 5.88 Å². The van der Waals surface area contributed by atoms with Crippen molar-refractivity contribution in [3.8, 4) is 5.88 Å². The molecule has 0 spiro atoms. The molecule has 0 N–H and O–H groups in total. The Labute approximate surface area is 92.5 Å². The number of nitrogens with zero attached hydrogens (tertiary/aromatic N) is 2. The van der Waals surface area contributed by atoms with Crippen LogP contribution in [0.3, 0.4) is 0 Å². The van der Waals surface area contributed by atoms with Crippen molar-refractivity contribution in [2.24, 2.45) is 0 Å². The molecule has 5 nitrogen and oxygen atoms in total. The molecule has 2 aromatic rings. The van der Waals surface area contributed by atoms with E-state index < -0.39 is 0 Å². The van der Waals surface area contributed by atoms with Crippen LogP contribution in [0.2, 0.25) is 0 Å². The Morgan fingerprint density at radius 3 is 2.75 bits per heavy atom. The molecule has 86 valence electrons. The van der Waals surface area contributed by atoms with Gasteiger partial charge in [-0.3, -0.25) is 4.52 Å². The number of fused-ring (bicyclic) bond motifs is 1. The lowest BCUT2D eigenvalue weighted by Gasteiger charge is -2.12. The van der Waals surface area contributed by atoms with E-state index in [9.17, 15) is 9.90 Å². The van der Waals surface area contributed by atoms with E-state index >= 15 is 0 Å². The van der Waals surface area contributed by atoms with Crippen LogP contribution < -0.4 is 15.2 Å². The second-order valence-electron chi connectivity index (χ2n) is 3.69. The fourth-order valence-electron chi connectivity index (χ4n) is 1.88. The normalized spacial score (nSPS) is 11.2. The maximum Gasteiger partial charge on any atom is 0.380 e. The molecule has 2 heterocycles. The standard InChI is InChI=1S/C11H14N2O3/c1-4-8-10(14)12(5-2)9-6-7(3)16-13(9)11(8)15/h6H,4-5H2,1-3H3. The quantitative estimate of drug-likeness (QED) is 0.679. The summed E-state index contributed by atoms with van der Waals surface area (Å²) in [5.41, 5.74) is 0.446. The Morgan fingerprint density at radius 1 is 1.50 bits per heavy atom. The highest BCUT2D eigenvalue weighted by atomic mass is 16.5. The first-order valence-corrected chi connectivity index (χ1v) is 5.35. The molecule has 16 heavy (non-hydrogen) atoms. The highest BCUT2D eigenvalue weighted by Crippen LogP contribution is 2.09. The lowest BCUT2D eigenvalue weighted by molar-refractivity contribution is -0.714. The van der Waals surface area contributed by atoms with Crippen molar-refractivity contribution in [1.29, 1.82) is 0 Å². The van der Waals surface area contributed by atoms with Crippen molar-refractivity contribution < 1.29 is 14.2 Å². The fraction of sp³-hybridized carbons (Fsp3) is 0.455. The first kappa shape index (κ1) is 10.7. The summed E-state index contributed by atoms with van der Waals surface area (Å²) in [6.07, 6.45) is 0.417. The summed E-state index contributed by atoms with van der Waals surface area (Å²) in [5.74, 6) is 0.405. The molecule has 0 aliphatic rings. The third-order valence-corrected chi connectivity index (χ3v) is 2.67. The maximum absolute atomic E-state index is 12.0. The molecule has 0 bridgehead atoms. The van der Waals surface area contributed by atoms with Crippen LogP contribution in [-0.2, 0) is 13.0 Å². The minimum Gasteiger partial charge on any atom is -0.842 e. The lowest BCUT2D eigenvalue weighted by atomic mass is 10.2. The number of rotatable bonds is 2. The number of hydrogen-bond acceptors (Lipinski definition) is 3. The molecule has 0 aromatic carbocycles. The van der Waals surface area contributed by atoms with Gasteiger partial charge in [-0.15, -0.1) is 0 Å². The van der Waals surface area contributed by atoms with Gasteiger partial charge in [0.1, 0.15) is 0 Å². The van der Waals surface area contributed by atoms with Crippen molar-refractivity contribution in [2.45, 2.75) is 33.7 Å². The summed E-state index contributed by atoms with van der Waals surface area (Å²) in [4.78, 5) is 11.9. The zero-order valence-electron chi connectivity index (χ0n) is 9.61. The molecule has 0 saturated carbocycles. The lowest BCUT2D eigenvalue weighted by Crippen LogP contribution is -2.43. The molecule has 0 aliphatic heterocycles. The van der Waals surface area contributed by atoms with Gasteiger partial charge in [-0.2, -0.15) is 0 Å². The summed E-state index contributed by atoms with van der Waals surface area (Å²) in [6.45, 7) is 5.94. The Morgan fingerprint density at radius 2 is 2.19 bits per heavy atom. The van der Waals surface area contributed by atoms with Gasteiger partial charge in [0, 0.05) is 4.57 Å². The van der Waals surface area contributed by atoms with Crippen LogP contribution in [0.25, 0.3) is 5.65 Å². The number of aromatic nitrogens is 2. The van der Waals surface area contributed by atoms with Gasteiger partial charge in [-0.25, -0.2) is 9.36 Å². The molecule has 0 amide bonds. The molecule has 0 atom stereocenters.